The molecule has 0 saturated carbocycles. The number of nitrogens with one attached hydrogen (secondary N) is 1. The fourth-order valence-corrected chi connectivity index (χ4v) is 4.75. The lowest BCUT2D eigenvalue weighted by atomic mass is 10.3. The smallest absolute Gasteiger partial charge is 0.459 e. The van der Waals surface area contributed by atoms with Gasteiger partial charge < -0.3 is 30.2 Å². The summed E-state index contributed by atoms with van der Waals surface area (Å²) in [5.74, 6) is -0.179. The number of carbonyl (C=O) groups is 1. The van der Waals surface area contributed by atoms with Gasteiger partial charge in [0.2, 0.25) is 5.95 Å². The van der Waals surface area contributed by atoms with Crippen molar-refractivity contribution in [3.8, 4) is 5.75 Å². The Hall–Kier alpha value is -3.29. The number of benzene rings is 1. The van der Waals surface area contributed by atoms with E-state index in [9.17, 15) is 9.36 Å². The van der Waals surface area contributed by atoms with Gasteiger partial charge >= 0.3 is 13.7 Å². The van der Waals surface area contributed by atoms with Gasteiger partial charge in [0, 0.05) is 0 Å². The van der Waals surface area contributed by atoms with E-state index in [1.165, 1.54) is 13.3 Å². The summed E-state index contributed by atoms with van der Waals surface area (Å²) < 4.78 is 42.7. The Morgan fingerprint density at radius 2 is 2.09 bits per heavy atom. The lowest BCUT2D eigenvalue weighted by molar-refractivity contribution is -0.144. The Bertz CT molecular complexity index is 1230. The number of ether oxygens (including phenoxy) is 3. The van der Waals surface area contributed by atoms with Crippen molar-refractivity contribution in [3.63, 3.8) is 0 Å². The molecule has 1 aliphatic rings. The van der Waals surface area contributed by atoms with Crippen molar-refractivity contribution in [2.45, 2.75) is 32.4 Å². The lowest BCUT2D eigenvalue weighted by Crippen LogP contribution is -2.35. The van der Waals surface area contributed by atoms with E-state index in [0.29, 0.717) is 11.2 Å². The molecule has 15 heteroatoms. The predicted molar refractivity (Wildman–Crippen MR) is 124 cm³/mol. The zero-order valence-electron chi connectivity index (χ0n) is 19.1. The number of hydrogen-bond donors (Lipinski definition) is 3. The van der Waals surface area contributed by atoms with Crippen LogP contribution in [0.15, 0.2) is 36.7 Å². The second-order valence-corrected chi connectivity index (χ2v) is 9.14. The highest BCUT2D eigenvalue weighted by molar-refractivity contribution is 7.52. The molecule has 2 aromatic heterocycles. The van der Waals surface area contributed by atoms with Crippen LogP contribution in [0.3, 0.4) is 0 Å². The summed E-state index contributed by atoms with van der Waals surface area (Å²) >= 11 is 0. The molecular formula is C20H26N7O7P. The molecule has 3 heterocycles. The molecule has 14 nitrogen and oxygen atoms in total. The number of carbonyl (C=O) groups excluding carboxylic acids is 1. The minimum absolute atomic E-state index is 0.00339. The van der Waals surface area contributed by atoms with E-state index >= 15 is 0 Å². The Labute approximate surface area is 200 Å². The number of nitrogens with zero attached hydrogens (tertiary/aromatic N) is 4. The third-order valence-electron chi connectivity index (χ3n) is 4.85. The van der Waals surface area contributed by atoms with E-state index in [0.717, 1.165) is 0 Å². The van der Waals surface area contributed by atoms with Crippen LogP contribution in [0, 0.1) is 0 Å². The maximum absolute atomic E-state index is 13.5. The SMILES string of the molecule is CCOC(=O)[C@H](C)NP(=O)(OC[C@@H]1OC[C@H](n2cnc3c(N)nc(N)nc32)O1)Oc1ccccc1. The van der Waals surface area contributed by atoms with Gasteiger partial charge in [-0.05, 0) is 26.0 Å². The molecule has 3 aromatic rings. The van der Waals surface area contributed by atoms with Crippen LogP contribution in [0.25, 0.3) is 11.2 Å². The number of esters is 1. The molecule has 1 fully saturated rings. The highest BCUT2D eigenvalue weighted by atomic mass is 31.2. The van der Waals surface area contributed by atoms with E-state index in [1.54, 1.807) is 41.8 Å². The van der Waals surface area contributed by atoms with Gasteiger partial charge in [0.25, 0.3) is 0 Å². The Morgan fingerprint density at radius 1 is 1.31 bits per heavy atom. The van der Waals surface area contributed by atoms with Gasteiger partial charge in [-0.3, -0.25) is 13.9 Å². The maximum Gasteiger partial charge on any atom is 0.459 e. The summed E-state index contributed by atoms with van der Waals surface area (Å²) in [6.07, 6.45) is -0.0391. The number of anilines is 2. The highest BCUT2D eigenvalue weighted by Gasteiger charge is 2.36. The molecule has 4 atom stereocenters. The first-order valence-corrected chi connectivity index (χ1v) is 12.3. The Morgan fingerprint density at radius 3 is 2.83 bits per heavy atom. The number of imidazole rings is 1. The van der Waals surface area contributed by atoms with Gasteiger partial charge in [-0.2, -0.15) is 15.1 Å². The molecule has 35 heavy (non-hydrogen) atoms. The van der Waals surface area contributed by atoms with Crippen molar-refractivity contribution in [2.75, 3.05) is 31.3 Å². The van der Waals surface area contributed by atoms with Crippen LogP contribution >= 0.6 is 7.75 Å². The fourth-order valence-electron chi connectivity index (χ4n) is 3.27. The number of nitrogen functional groups attached to an aromatic ring is 2. The summed E-state index contributed by atoms with van der Waals surface area (Å²) in [5, 5.41) is 2.59. The Kier molecular flexibility index (Phi) is 7.48. The number of hydrogen-bond acceptors (Lipinski definition) is 12. The van der Waals surface area contributed by atoms with Crippen LogP contribution in [0.4, 0.5) is 11.8 Å². The topological polar surface area (TPSA) is 188 Å². The van der Waals surface area contributed by atoms with Gasteiger partial charge in [-0.1, -0.05) is 18.2 Å². The fraction of sp³-hybridized carbons (Fsp3) is 0.400. The standard InChI is InChI=1S/C20H26N7O7P/c1-3-30-19(28)12(2)26-35(29,34-13-7-5-4-6-8-13)32-10-15-31-9-14(33-15)27-11-23-16-17(21)24-20(22)25-18(16)27/h4-8,11-12,14-15H,3,9-10H2,1-2H3,(H,26,29)(H4,21,22,24,25)/t12-,14+,15+,35?/m0/s1. The summed E-state index contributed by atoms with van der Waals surface area (Å²) in [7, 11) is -4.04. The second-order valence-electron chi connectivity index (χ2n) is 7.45. The van der Waals surface area contributed by atoms with Crippen molar-refractivity contribution < 1.29 is 32.6 Å². The quantitative estimate of drug-likeness (QED) is 0.265. The molecule has 188 valence electrons. The minimum atomic E-state index is -4.04. The minimum Gasteiger partial charge on any atom is -0.465 e. The normalized spacial score (nSPS) is 20.4. The summed E-state index contributed by atoms with van der Waals surface area (Å²) in [6.45, 7) is 3.19. The first-order valence-electron chi connectivity index (χ1n) is 10.7. The predicted octanol–water partition coefficient (Wildman–Crippen LogP) is 1.61. The number of rotatable bonds is 10. The average molecular weight is 507 g/mol. The van der Waals surface area contributed by atoms with Crippen molar-refractivity contribution >= 4 is 36.6 Å². The molecule has 1 aliphatic heterocycles. The average Bonchev–Trinajstić information content (AvgIpc) is 3.45. The zero-order chi connectivity index (χ0) is 25.0. The van der Waals surface area contributed by atoms with Crippen molar-refractivity contribution in [1.82, 2.24) is 24.6 Å². The van der Waals surface area contributed by atoms with Crippen LogP contribution < -0.4 is 21.1 Å². The molecule has 0 spiro atoms. The zero-order valence-corrected chi connectivity index (χ0v) is 20.0. The van der Waals surface area contributed by atoms with E-state index < -0.39 is 32.3 Å². The van der Waals surface area contributed by atoms with Gasteiger partial charge in [-0.25, -0.2) is 9.55 Å². The van der Waals surface area contributed by atoms with Crippen molar-refractivity contribution in [2.24, 2.45) is 0 Å². The van der Waals surface area contributed by atoms with Gasteiger partial charge in [-0.15, -0.1) is 0 Å². The van der Waals surface area contributed by atoms with Crippen LogP contribution in [0.1, 0.15) is 20.1 Å². The highest BCUT2D eigenvalue weighted by Crippen LogP contribution is 2.45. The number of para-hydroxylation sites is 1. The first kappa shape index (κ1) is 24.8. The molecule has 0 aliphatic carbocycles. The number of fused-ring (bicyclic) bond motifs is 1. The summed E-state index contributed by atoms with van der Waals surface area (Å²) in [4.78, 5) is 24.3. The van der Waals surface area contributed by atoms with Gasteiger partial charge in [0.1, 0.15) is 23.9 Å². The van der Waals surface area contributed by atoms with Crippen LogP contribution in [0.5, 0.6) is 5.75 Å². The monoisotopic (exact) mass is 507 g/mol. The first-order chi connectivity index (χ1) is 16.8. The number of aromatic nitrogens is 4. The van der Waals surface area contributed by atoms with Gasteiger partial charge in [0.05, 0.1) is 19.5 Å². The third-order valence-corrected chi connectivity index (χ3v) is 6.49. The van der Waals surface area contributed by atoms with E-state index in [4.69, 9.17) is 34.7 Å². The van der Waals surface area contributed by atoms with Crippen molar-refractivity contribution in [1.29, 1.82) is 0 Å². The van der Waals surface area contributed by atoms with E-state index in [2.05, 4.69) is 20.0 Å². The van der Waals surface area contributed by atoms with E-state index in [-0.39, 0.29) is 37.3 Å². The molecule has 0 bridgehead atoms. The summed E-state index contributed by atoms with van der Waals surface area (Å²) in [6, 6.07) is 7.44. The lowest BCUT2D eigenvalue weighted by Gasteiger charge is -2.23. The molecule has 0 radical (unpaired) electrons. The molecule has 5 N–H and O–H groups in total. The molecule has 1 saturated heterocycles. The molecule has 4 rings (SSSR count). The third kappa shape index (κ3) is 5.86. The molecule has 1 unspecified atom stereocenters. The molecule has 0 amide bonds. The van der Waals surface area contributed by atoms with Crippen molar-refractivity contribution in [3.05, 3.63) is 36.7 Å². The maximum atomic E-state index is 13.5. The molecular weight excluding hydrogens is 481 g/mol. The van der Waals surface area contributed by atoms with Crippen LogP contribution in [0.2, 0.25) is 0 Å². The molecule has 1 aromatic carbocycles. The van der Waals surface area contributed by atoms with Crippen LogP contribution in [-0.2, 0) is 28.1 Å². The largest absolute Gasteiger partial charge is 0.465 e. The van der Waals surface area contributed by atoms with E-state index in [1.807, 2.05) is 0 Å². The van der Waals surface area contributed by atoms with Gasteiger partial charge in [0.15, 0.2) is 24.0 Å². The van der Waals surface area contributed by atoms with Crippen LogP contribution in [-0.4, -0.2) is 57.6 Å². The number of nitrogens with two attached hydrogens (primary N) is 2. The second kappa shape index (κ2) is 10.5. The summed E-state index contributed by atoms with van der Waals surface area (Å²) in [5.41, 5.74) is 12.3. The Balaban J connectivity index is 1.44.